The molecule has 0 heterocycles. The summed E-state index contributed by atoms with van der Waals surface area (Å²) in [6.07, 6.45) is -4.85. The topological polar surface area (TPSA) is 86.8 Å². The van der Waals surface area contributed by atoms with Gasteiger partial charge in [-0.2, -0.15) is 13.2 Å². The molecule has 2 amide bonds. The molecule has 0 aliphatic rings. The van der Waals surface area contributed by atoms with Crippen molar-refractivity contribution >= 4 is 50.7 Å². The summed E-state index contributed by atoms with van der Waals surface area (Å²) in [4.78, 5) is 28.6. The highest BCUT2D eigenvalue weighted by Gasteiger charge is 2.37. The minimum atomic E-state index is -4.91. The number of sulfonamides is 1. The molecule has 0 radical (unpaired) electrons. The van der Waals surface area contributed by atoms with Crippen LogP contribution in [0.15, 0.2) is 102 Å². The molecule has 13 heteroatoms. The average Bonchev–Trinajstić information content (AvgIpc) is 3.02. The summed E-state index contributed by atoms with van der Waals surface area (Å²) in [5.41, 5.74) is 0.210. The Labute approximate surface area is 275 Å². The van der Waals surface area contributed by atoms with E-state index in [4.69, 9.17) is 23.2 Å². The van der Waals surface area contributed by atoms with E-state index in [1.807, 2.05) is 0 Å². The molecule has 0 saturated carbocycles. The highest BCUT2D eigenvalue weighted by atomic mass is 35.5. The number of benzene rings is 4. The largest absolute Gasteiger partial charge is 0.417 e. The van der Waals surface area contributed by atoms with Gasteiger partial charge in [0.2, 0.25) is 11.8 Å². The quantitative estimate of drug-likeness (QED) is 0.185. The molecule has 0 aliphatic heterocycles. The Hall–Kier alpha value is -4.06. The van der Waals surface area contributed by atoms with E-state index in [1.54, 1.807) is 61.5 Å². The van der Waals surface area contributed by atoms with Crippen LogP contribution in [-0.2, 0) is 38.8 Å². The summed E-state index contributed by atoms with van der Waals surface area (Å²) in [7, 11) is -3.22. The molecule has 0 spiro atoms. The fourth-order valence-electron chi connectivity index (χ4n) is 4.78. The van der Waals surface area contributed by atoms with Crippen molar-refractivity contribution in [3.8, 4) is 0 Å². The van der Waals surface area contributed by atoms with Gasteiger partial charge in [-0.3, -0.25) is 13.9 Å². The number of nitrogens with one attached hydrogen (secondary N) is 1. The van der Waals surface area contributed by atoms with E-state index in [0.717, 1.165) is 17.7 Å². The summed E-state index contributed by atoms with van der Waals surface area (Å²) < 4.78 is 70.3. The molecule has 1 atom stereocenters. The minimum absolute atomic E-state index is 0.0561. The van der Waals surface area contributed by atoms with Crippen molar-refractivity contribution in [1.29, 1.82) is 0 Å². The maximum absolute atomic E-state index is 14.3. The number of carbonyl (C=O) groups excluding carboxylic acids is 2. The third-order valence-corrected chi connectivity index (χ3v) is 9.73. The van der Waals surface area contributed by atoms with Crippen molar-refractivity contribution in [3.05, 3.63) is 129 Å². The molecule has 0 bridgehead atoms. The Balaban J connectivity index is 1.86. The van der Waals surface area contributed by atoms with E-state index in [9.17, 15) is 31.2 Å². The van der Waals surface area contributed by atoms with E-state index in [0.29, 0.717) is 26.5 Å². The van der Waals surface area contributed by atoms with Crippen molar-refractivity contribution in [2.24, 2.45) is 0 Å². The first-order valence-corrected chi connectivity index (χ1v) is 16.2. The van der Waals surface area contributed by atoms with E-state index >= 15 is 0 Å². The maximum atomic E-state index is 14.3. The van der Waals surface area contributed by atoms with Crippen LogP contribution >= 0.6 is 23.2 Å². The molecule has 1 N–H and O–H groups in total. The Morgan fingerprint density at radius 3 is 2.11 bits per heavy atom. The lowest BCUT2D eigenvalue weighted by molar-refractivity contribution is -0.139. The van der Waals surface area contributed by atoms with Crippen molar-refractivity contribution in [1.82, 2.24) is 10.2 Å². The molecule has 4 aromatic rings. The van der Waals surface area contributed by atoms with E-state index < -0.39 is 56.9 Å². The zero-order valence-electron chi connectivity index (χ0n) is 24.8. The summed E-state index contributed by atoms with van der Waals surface area (Å²) in [5, 5.41) is 2.22. The van der Waals surface area contributed by atoms with Crippen LogP contribution in [0.25, 0.3) is 0 Å². The molecule has 4 aromatic carbocycles. The standard InChI is InChI=1S/C33H30Cl2F3N3O4S/c1-22-12-15-26(16-13-22)46(44,45)41(25-14-17-29(35)27(19-25)33(36,37)38)21-31(42)40(20-24-10-6-7-11-28(24)34)30(32(43)39-2)18-23-8-4-3-5-9-23/h3-17,19,30H,18,20-21H2,1-2H3,(H,39,43)/t30-/m1/s1. The van der Waals surface area contributed by atoms with E-state index in [1.165, 1.54) is 36.2 Å². The minimum Gasteiger partial charge on any atom is -0.357 e. The number of anilines is 1. The summed E-state index contributed by atoms with van der Waals surface area (Å²) in [6, 6.07) is 22.6. The number of alkyl halides is 3. The Morgan fingerprint density at radius 1 is 0.870 bits per heavy atom. The van der Waals surface area contributed by atoms with Crippen molar-refractivity contribution in [2.45, 2.75) is 37.0 Å². The fraction of sp³-hybridized carbons (Fsp3) is 0.212. The number of rotatable bonds is 11. The SMILES string of the molecule is CNC(=O)[C@@H](Cc1ccccc1)N(Cc1ccccc1Cl)C(=O)CN(c1ccc(Cl)c(C(F)(F)F)c1)S(=O)(=O)c1ccc(C)cc1. The van der Waals surface area contributed by atoms with Crippen LogP contribution in [-0.4, -0.2) is 44.8 Å². The predicted octanol–water partition coefficient (Wildman–Crippen LogP) is 6.90. The number of hydrogen-bond acceptors (Lipinski definition) is 4. The number of carbonyl (C=O) groups is 2. The van der Waals surface area contributed by atoms with Gasteiger partial charge < -0.3 is 10.2 Å². The summed E-state index contributed by atoms with van der Waals surface area (Å²) in [5.74, 6) is -1.40. The molecule has 4 rings (SSSR count). The van der Waals surface area contributed by atoms with Crippen LogP contribution in [0.3, 0.4) is 0 Å². The van der Waals surface area contributed by atoms with Crippen LogP contribution < -0.4 is 9.62 Å². The van der Waals surface area contributed by atoms with Gasteiger partial charge in [-0.15, -0.1) is 0 Å². The molecule has 242 valence electrons. The monoisotopic (exact) mass is 691 g/mol. The van der Waals surface area contributed by atoms with Crippen molar-refractivity contribution in [2.75, 3.05) is 17.9 Å². The molecule has 7 nitrogen and oxygen atoms in total. The lowest BCUT2D eigenvalue weighted by atomic mass is 10.0. The number of amides is 2. The second-order valence-corrected chi connectivity index (χ2v) is 13.1. The van der Waals surface area contributed by atoms with Crippen LogP contribution in [0.1, 0.15) is 22.3 Å². The normalized spacial score (nSPS) is 12.3. The van der Waals surface area contributed by atoms with Gasteiger partial charge in [0.25, 0.3) is 10.0 Å². The van der Waals surface area contributed by atoms with Gasteiger partial charge in [-0.1, -0.05) is 89.4 Å². The first-order chi connectivity index (χ1) is 21.7. The van der Waals surface area contributed by atoms with Crippen molar-refractivity contribution in [3.63, 3.8) is 0 Å². The van der Waals surface area contributed by atoms with Gasteiger partial charge in [0.1, 0.15) is 12.6 Å². The highest BCUT2D eigenvalue weighted by molar-refractivity contribution is 7.92. The molecule has 0 saturated heterocycles. The number of halogens is 5. The Morgan fingerprint density at radius 2 is 1.50 bits per heavy atom. The van der Waals surface area contributed by atoms with Crippen molar-refractivity contribution < 1.29 is 31.2 Å². The molecular formula is C33H30Cl2F3N3O4S. The van der Waals surface area contributed by atoms with Crippen LogP contribution in [0.5, 0.6) is 0 Å². The average molecular weight is 693 g/mol. The zero-order valence-corrected chi connectivity index (χ0v) is 27.1. The smallest absolute Gasteiger partial charge is 0.357 e. The molecule has 0 fully saturated rings. The lowest BCUT2D eigenvalue weighted by Gasteiger charge is -2.34. The summed E-state index contributed by atoms with van der Waals surface area (Å²) in [6.45, 7) is 0.600. The molecule has 0 aromatic heterocycles. The van der Waals surface area contributed by atoms with Gasteiger partial charge in [-0.25, -0.2) is 8.42 Å². The van der Waals surface area contributed by atoms with Crippen LogP contribution in [0.2, 0.25) is 10.0 Å². The summed E-state index contributed by atoms with van der Waals surface area (Å²) >= 11 is 12.3. The second kappa shape index (κ2) is 14.6. The molecular weight excluding hydrogens is 662 g/mol. The fourth-order valence-corrected chi connectivity index (χ4v) is 6.61. The van der Waals surface area contributed by atoms with Crippen LogP contribution in [0.4, 0.5) is 18.9 Å². The number of hydrogen-bond donors (Lipinski definition) is 1. The Kier molecular flexibility index (Phi) is 11.0. The number of nitrogens with zero attached hydrogens (tertiary/aromatic N) is 2. The Bertz CT molecular complexity index is 1810. The lowest BCUT2D eigenvalue weighted by Crippen LogP contribution is -2.53. The molecule has 0 unspecified atom stereocenters. The predicted molar refractivity (Wildman–Crippen MR) is 172 cm³/mol. The van der Waals surface area contributed by atoms with Crippen LogP contribution in [0, 0.1) is 6.92 Å². The first kappa shape index (κ1) is 34.8. The molecule has 0 aliphatic carbocycles. The second-order valence-electron chi connectivity index (χ2n) is 10.4. The third-order valence-electron chi connectivity index (χ3n) is 7.25. The third kappa shape index (κ3) is 8.20. The zero-order chi connectivity index (χ0) is 33.6. The van der Waals surface area contributed by atoms with Gasteiger partial charge in [-0.05, 0) is 54.4 Å². The first-order valence-electron chi connectivity index (χ1n) is 14.0. The van der Waals surface area contributed by atoms with E-state index in [-0.39, 0.29) is 17.9 Å². The molecule has 46 heavy (non-hydrogen) atoms. The van der Waals surface area contributed by atoms with Gasteiger partial charge in [0.05, 0.1) is 21.2 Å². The van der Waals surface area contributed by atoms with Gasteiger partial charge in [0.15, 0.2) is 0 Å². The highest BCUT2D eigenvalue weighted by Crippen LogP contribution is 2.38. The van der Waals surface area contributed by atoms with Gasteiger partial charge >= 0.3 is 6.18 Å². The maximum Gasteiger partial charge on any atom is 0.417 e. The van der Waals surface area contributed by atoms with Gasteiger partial charge in [0, 0.05) is 25.0 Å². The number of likely N-dealkylation sites (N-methyl/N-ethyl adjacent to an activating group) is 1. The number of aryl methyl sites for hydroxylation is 1. The van der Waals surface area contributed by atoms with E-state index in [2.05, 4.69) is 5.32 Å².